The molecule has 0 aliphatic carbocycles. The lowest BCUT2D eigenvalue weighted by molar-refractivity contribution is -0.130. The van der Waals surface area contributed by atoms with Gasteiger partial charge in [0, 0.05) is 17.4 Å². The average molecular weight is 385 g/mol. The van der Waals surface area contributed by atoms with Crippen LogP contribution in [0, 0.1) is 6.92 Å². The molecule has 0 fully saturated rings. The molecule has 0 atom stereocenters. The van der Waals surface area contributed by atoms with Crippen LogP contribution in [0.2, 0.25) is 0 Å². The smallest absolute Gasteiger partial charge is 0.233 e. The molecular formula is C21H24N2O3S. The summed E-state index contributed by atoms with van der Waals surface area (Å²) in [6.07, 6.45) is 1.66. The van der Waals surface area contributed by atoms with Crippen LogP contribution in [-0.2, 0) is 17.1 Å². The summed E-state index contributed by atoms with van der Waals surface area (Å²) < 4.78 is 11.2. The molecule has 6 heteroatoms. The van der Waals surface area contributed by atoms with E-state index < -0.39 is 0 Å². The molecule has 0 N–H and O–H groups in total. The van der Waals surface area contributed by atoms with Gasteiger partial charge >= 0.3 is 0 Å². The molecular weight excluding hydrogens is 360 g/mol. The largest absolute Gasteiger partial charge is 0.464 e. The Morgan fingerprint density at radius 2 is 1.96 bits per heavy atom. The van der Waals surface area contributed by atoms with Crippen molar-refractivity contribution in [3.63, 3.8) is 0 Å². The van der Waals surface area contributed by atoms with Crippen molar-refractivity contribution in [1.82, 2.24) is 9.88 Å². The number of furan rings is 1. The van der Waals surface area contributed by atoms with Gasteiger partial charge in [0.25, 0.3) is 0 Å². The van der Waals surface area contributed by atoms with Crippen molar-refractivity contribution >= 4 is 17.7 Å². The number of carbonyl (C=O) groups is 1. The Kier molecular flexibility index (Phi) is 6.40. The molecule has 142 valence electrons. The Morgan fingerprint density at radius 3 is 2.63 bits per heavy atom. The molecule has 1 amide bonds. The van der Waals surface area contributed by atoms with Gasteiger partial charge in [-0.3, -0.25) is 4.79 Å². The predicted molar refractivity (Wildman–Crippen MR) is 107 cm³/mol. The van der Waals surface area contributed by atoms with E-state index in [4.69, 9.17) is 8.83 Å². The zero-order valence-corrected chi connectivity index (χ0v) is 16.7. The van der Waals surface area contributed by atoms with Crippen molar-refractivity contribution in [3.05, 3.63) is 65.9 Å². The number of hydrogen-bond acceptors (Lipinski definition) is 5. The summed E-state index contributed by atoms with van der Waals surface area (Å²) in [6.45, 7) is 6.43. The minimum absolute atomic E-state index is 0.0934. The van der Waals surface area contributed by atoms with E-state index in [9.17, 15) is 4.79 Å². The topological polar surface area (TPSA) is 59.5 Å². The van der Waals surface area contributed by atoms with Gasteiger partial charge in [0.1, 0.15) is 17.8 Å². The first kappa shape index (κ1) is 19.3. The number of thioether (sulfide) groups is 1. The van der Waals surface area contributed by atoms with Crippen LogP contribution in [0.15, 0.2) is 57.6 Å². The minimum atomic E-state index is 0.0934. The molecule has 0 saturated heterocycles. The highest BCUT2D eigenvalue weighted by molar-refractivity contribution is 7.99. The molecule has 0 unspecified atom stereocenters. The summed E-state index contributed by atoms with van der Waals surface area (Å²) in [5.41, 5.74) is 1.79. The number of hydrogen-bond donors (Lipinski definition) is 0. The Morgan fingerprint density at radius 1 is 1.19 bits per heavy atom. The number of carbonyl (C=O) groups excluding carboxylic acids is 1. The van der Waals surface area contributed by atoms with Gasteiger partial charge in [0.15, 0.2) is 0 Å². The van der Waals surface area contributed by atoms with Crippen LogP contribution in [0.1, 0.15) is 31.1 Å². The molecule has 0 saturated carbocycles. The number of nitrogens with zero attached hydrogens (tertiary/aromatic N) is 2. The summed E-state index contributed by atoms with van der Waals surface area (Å²) in [5, 5.41) is 0. The Bertz CT molecular complexity index is 870. The Labute approximate surface area is 163 Å². The second kappa shape index (κ2) is 8.95. The highest BCUT2D eigenvalue weighted by Crippen LogP contribution is 2.21. The van der Waals surface area contributed by atoms with Crippen LogP contribution in [0.4, 0.5) is 0 Å². The van der Waals surface area contributed by atoms with Gasteiger partial charge < -0.3 is 13.7 Å². The second-order valence-corrected chi connectivity index (χ2v) is 7.62. The monoisotopic (exact) mass is 384 g/mol. The van der Waals surface area contributed by atoms with Gasteiger partial charge in [-0.25, -0.2) is 4.98 Å². The molecule has 2 aromatic heterocycles. The summed E-state index contributed by atoms with van der Waals surface area (Å²) in [5.74, 6) is 3.39. The zero-order chi connectivity index (χ0) is 19.2. The fourth-order valence-corrected chi connectivity index (χ4v) is 3.49. The van der Waals surface area contributed by atoms with Gasteiger partial charge in [0.05, 0.1) is 18.0 Å². The quantitative estimate of drug-likeness (QED) is 0.552. The molecule has 1 aromatic carbocycles. The van der Waals surface area contributed by atoms with Gasteiger partial charge in [-0.2, -0.15) is 0 Å². The van der Waals surface area contributed by atoms with E-state index in [2.05, 4.69) is 4.98 Å². The predicted octanol–water partition coefficient (Wildman–Crippen LogP) is 4.91. The summed E-state index contributed by atoms with van der Waals surface area (Å²) in [7, 11) is 0. The van der Waals surface area contributed by atoms with Crippen LogP contribution in [0.5, 0.6) is 0 Å². The summed E-state index contributed by atoms with van der Waals surface area (Å²) in [6, 6.07) is 13.7. The molecule has 27 heavy (non-hydrogen) atoms. The van der Waals surface area contributed by atoms with Crippen molar-refractivity contribution in [1.29, 1.82) is 0 Å². The lowest BCUT2D eigenvalue weighted by atomic mass is 10.2. The highest BCUT2D eigenvalue weighted by Gasteiger charge is 2.19. The summed E-state index contributed by atoms with van der Waals surface area (Å²) in [4.78, 5) is 19.0. The first-order valence-corrected chi connectivity index (χ1v) is 10.1. The van der Waals surface area contributed by atoms with E-state index in [0.717, 1.165) is 22.8 Å². The maximum atomic E-state index is 12.6. The van der Waals surface area contributed by atoms with Crippen molar-refractivity contribution < 1.29 is 13.6 Å². The second-order valence-electron chi connectivity index (χ2n) is 6.63. The maximum absolute atomic E-state index is 12.6. The van der Waals surface area contributed by atoms with E-state index in [1.165, 1.54) is 0 Å². The van der Waals surface area contributed by atoms with E-state index >= 15 is 0 Å². The van der Waals surface area contributed by atoms with Crippen molar-refractivity contribution in [3.8, 4) is 11.5 Å². The van der Waals surface area contributed by atoms with E-state index in [1.807, 2.05) is 68.1 Å². The van der Waals surface area contributed by atoms with Gasteiger partial charge in [-0.15, -0.1) is 11.8 Å². The standard InChI is InChI=1S/C21H24N2O3S/c1-15(2)23(11-19-10-9-16(3)26-19)20(24)14-27-13-18-12-25-21(22-18)17-7-5-4-6-8-17/h4-10,12,15H,11,13-14H2,1-3H3. The molecule has 0 radical (unpaired) electrons. The van der Waals surface area contributed by atoms with Crippen LogP contribution in [-0.4, -0.2) is 27.6 Å². The normalized spacial score (nSPS) is 11.1. The van der Waals surface area contributed by atoms with Crippen LogP contribution >= 0.6 is 11.8 Å². The van der Waals surface area contributed by atoms with Crippen molar-refractivity contribution in [2.45, 2.75) is 39.1 Å². The van der Waals surface area contributed by atoms with E-state index in [-0.39, 0.29) is 11.9 Å². The fraction of sp³-hybridized carbons (Fsp3) is 0.333. The number of oxazole rings is 1. The van der Waals surface area contributed by atoms with Gasteiger partial charge in [0.2, 0.25) is 11.8 Å². The molecule has 2 heterocycles. The first-order valence-electron chi connectivity index (χ1n) is 8.95. The Balaban J connectivity index is 1.52. The number of rotatable bonds is 8. The van der Waals surface area contributed by atoms with Gasteiger partial charge in [-0.05, 0) is 45.0 Å². The zero-order valence-electron chi connectivity index (χ0n) is 15.8. The molecule has 0 spiro atoms. The van der Waals surface area contributed by atoms with Crippen molar-refractivity contribution in [2.75, 3.05) is 5.75 Å². The fourth-order valence-electron chi connectivity index (χ4n) is 2.71. The lowest BCUT2D eigenvalue weighted by Gasteiger charge is -2.25. The van der Waals surface area contributed by atoms with Crippen LogP contribution in [0.3, 0.4) is 0 Å². The third kappa shape index (κ3) is 5.26. The molecule has 0 aliphatic rings. The number of benzene rings is 1. The van der Waals surface area contributed by atoms with Crippen LogP contribution in [0.25, 0.3) is 11.5 Å². The molecule has 3 aromatic rings. The number of aryl methyl sites for hydroxylation is 1. The molecule has 3 rings (SSSR count). The first-order chi connectivity index (χ1) is 13.0. The molecule has 0 bridgehead atoms. The third-order valence-electron chi connectivity index (χ3n) is 4.11. The summed E-state index contributed by atoms with van der Waals surface area (Å²) >= 11 is 1.54. The van der Waals surface area contributed by atoms with Crippen molar-refractivity contribution in [2.24, 2.45) is 0 Å². The lowest BCUT2D eigenvalue weighted by Crippen LogP contribution is -2.37. The number of aromatic nitrogens is 1. The van der Waals surface area contributed by atoms with Crippen LogP contribution < -0.4 is 0 Å². The highest BCUT2D eigenvalue weighted by atomic mass is 32.2. The van der Waals surface area contributed by atoms with E-state index in [0.29, 0.717) is 23.9 Å². The van der Waals surface area contributed by atoms with E-state index in [1.54, 1.807) is 18.0 Å². The average Bonchev–Trinajstić information content (AvgIpc) is 3.29. The Hall–Kier alpha value is -2.47. The third-order valence-corrected chi connectivity index (χ3v) is 5.06. The SMILES string of the molecule is Cc1ccc(CN(C(=O)CSCc2coc(-c3ccccc3)n2)C(C)C)o1. The molecule has 0 aliphatic heterocycles. The molecule has 5 nitrogen and oxygen atoms in total. The minimum Gasteiger partial charge on any atom is -0.464 e. The number of amides is 1. The van der Waals surface area contributed by atoms with Gasteiger partial charge in [-0.1, -0.05) is 18.2 Å². The maximum Gasteiger partial charge on any atom is 0.233 e.